The van der Waals surface area contributed by atoms with E-state index in [-0.39, 0.29) is 10.7 Å². The van der Waals surface area contributed by atoms with Gasteiger partial charge in [-0.1, -0.05) is 0 Å². The highest BCUT2D eigenvalue weighted by Crippen LogP contribution is 2.29. The molecule has 0 aliphatic heterocycles. The quantitative estimate of drug-likeness (QED) is 0.643. The first-order valence-electron chi connectivity index (χ1n) is 5.71. The van der Waals surface area contributed by atoms with Gasteiger partial charge in [-0.05, 0) is 19.1 Å². The molecule has 1 aromatic heterocycles. The number of hydrogen-bond acceptors (Lipinski definition) is 6. The zero-order valence-corrected chi connectivity index (χ0v) is 12.0. The Balaban J connectivity index is 2.42. The van der Waals surface area contributed by atoms with Crippen LogP contribution in [0.5, 0.6) is 5.75 Å². The van der Waals surface area contributed by atoms with Crippen molar-refractivity contribution in [1.29, 1.82) is 0 Å². The van der Waals surface area contributed by atoms with Crippen molar-refractivity contribution >= 4 is 21.5 Å². The summed E-state index contributed by atoms with van der Waals surface area (Å²) in [5.74, 6) is -0.376. The summed E-state index contributed by atoms with van der Waals surface area (Å²) in [5.41, 5.74) is -0.0639. The zero-order chi connectivity index (χ0) is 15.8. The van der Waals surface area contributed by atoms with Gasteiger partial charge in [-0.2, -0.15) is 5.10 Å². The van der Waals surface area contributed by atoms with Crippen LogP contribution < -0.4 is 4.72 Å². The molecule has 2 aromatic rings. The van der Waals surface area contributed by atoms with Crippen molar-refractivity contribution in [2.75, 3.05) is 4.72 Å². The molecule has 0 saturated heterocycles. The second-order valence-corrected chi connectivity index (χ2v) is 5.99. The highest BCUT2D eigenvalue weighted by Gasteiger charge is 2.22. The van der Waals surface area contributed by atoms with E-state index >= 15 is 0 Å². The van der Waals surface area contributed by atoms with Crippen LogP contribution in [0, 0.1) is 17.0 Å². The molecule has 0 aliphatic rings. The van der Waals surface area contributed by atoms with E-state index < -0.39 is 26.4 Å². The monoisotopic (exact) mass is 312 g/mol. The summed E-state index contributed by atoms with van der Waals surface area (Å²) < 4.78 is 28.0. The lowest BCUT2D eigenvalue weighted by Gasteiger charge is -2.08. The first kappa shape index (κ1) is 14.8. The van der Waals surface area contributed by atoms with Crippen molar-refractivity contribution in [3.05, 3.63) is 40.1 Å². The molecule has 112 valence electrons. The van der Waals surface area contributed by atoms with Gasteiger partial charge >= 0.3 is 5.69 Å². The number of nitrogens with zero attached hydrogens (tertiary/aromatic N) is 3. The number of aryl methyl sites for hydroxylation is 2. The molecule has 0 unspecified atom stereocenters. The number of nitro groups is 1. The molecule has 0 spiro atoms. The van der Waals surface area contributed by atoms with E-state index in [1.165, 1.54) is 10.7 Å². The number of nitro benzene ring substituents is 1. The predicted molar refractivity (Wildman–Crippen MR) is 73.5 cm³/mol. The number of phenols is 1. The van der Waals surface area contributed by atoms with E-state index in [4.69, 9.17) is 0 Å². The van der Waals surface area contributed by atoms with E-state index in [0.717, 1.165) is 18.2 Å². The number of rotatable bonds is 4. The van der Waals surface area contributed by atoms with Gasteiger partial charge in [0.05, 0.1) is 15.5 Å². The Morgan fingerprint density at radius 2 is 2.05 bits per heavy atom. The van der Waals surface area contributed by atoms with Gasteiger partial charge in [0.1, 0.15) is 5.82 Å². The van der Waals surface area contributed by atoms with Gasteiger partial charge in [0, 0.05) is 19.2 Å². The van der Waals surface area contributed by atoms with E-state index in [1.54, 1.807) is 14.0 Å². The Kier molecular flexibility index (Phi) is 3.56. The number of benzene rings is 1. The maximum absolute atomic E-state index is 12.2. The molecule has 1 aromatic carbocycles. The van der Waals surface area contributed by atoms with Crippen LogP contribution in [-0.4, -0.2) is 28.2 Å². The first-order chi connectivity index (χ1) is 9.70. The molecule has 0 bridgehead atoms. The van der Waals surface area contributed by atoms with E-state index in [9.17, 15) is 23.6 Å². The number of sulfonamides is 1. The average molecular weight is 312 g/mol. The van der Waals surface area contributed by atoms with Crippen LogP contribution in [-0.2, 0) is 17.1 Å². The number of aromatic hydroxyl groups is 1. The van der Waals surface area contributed by atoms with Gasteiger partial charge in [-0.3, -0.25) is 19.5 Å². The predicted octanol–water partition coefficient (Wildman–Crippen LogP) is 1.14. The Labute approximate surface area is 120 Å². The molecule has 9 nitrogen and oxygen atoms in total. The molecular weight excluding hydrogens is 300 g/mol. The molecule has 10 heteroatoms. The number of aromatic nitrogens is 2. The van der Waals surface area contributed by atoms with Crippen LogP contribution in [0.4, 0.5) is 11.5 Å². The Morgan fingerprint density at radius 1 is 1.38 bits per heavy atom. The van der Waals surface area contributed by atoms with Crippen molar-refractivity contribution < 1.29 is 18.4 Å². The highest BCUT2D eigenvalue weighted by molar-refractivity contribution is 7.92. The van der Waals surface area contributed by atoms with Gasteiger partial charge in [0.25, 0.3) is 10.0 Å². The SMILES string of the molecule is Cc1cc(NS(=O)(=O)c2ccc(O)c([N+](=O)[O-])c2)n(C)n1. The van der Waals surface area contributed by atoms with Crippen LogP contribution in [0.3, 0.4) is 0 Å². The molecule has 2 rings (SSSR count). The van der Waals surface area contributed by atoms with E-state index in [2.05, 4.69) is 9.82 Å². The van der Waals surface area contributed by atoms with E-state index in [1.807, 2.05) is 0 Å². The van der Waals surface area contributed by atoms with Gasteiger partial charge < -0.3 is 5.11 Å². The van der Waals surface area contributed by atoms with Gasteiger partial charge in [-0.25, -0.2) is 8.42 Å². The third-order valence-electron chi connectivity index (χ3n) is 2.69. The fourth-order valence-corrected chi connectivity index (χ4v) is 2.82. The van der Waals surface area contributed by atoms with Gasteiger partial charge in [-0.15, -0.1) is 0 Å². The minimum Gasteiger partial charge on any atom is -0.502 e. The van der Waals surface area contributed by atoms with Crippen LogP contribution in [0.1, 0.15) is 5.69 Å². The molecular formula is C11H12N4O5S. The van der Waals surface area contributed by atoms with Crippen molar-refractivity contribution in [2.24, 2.45) is 7.05 Å². The Hall–Kier alpha value is -2.62. The summed E-state index contributed by atoms with van der Waals surface area (Å²) in [6.07, 6.45) is 0. The summed E-state index contributed by atoms with van der Waals surface area (Å²) >= 11 is 0. The second kappa shape index (κ2) is 5.05. The van der Waals surface area contributed by atoms with Crippen LogP contribution in [0.15, 0.2) is 29.2 Å². The third-order valence-corrected chi connectivity index (χ3v) is 4.05. The minimum absolute atomic E-state index is 0.225. The summed E-state index contributed by atoms with van der Waals surface area (Å²) in [5, 5.41) is 24.1. The molecule has 21 heavy (non-hydrogen) atoms. The number of nitrogens with one attached hydrogen (secondary N) is 1. The number of hydrogen-bond donors (Lipinski definition) is 2. The fraction of sp³-hybridized carbons (Fsp3) is 0.182. The topological polar surface area (TPSA) is 127 Å². The Morgan fingerprint density at radius 3 is 2.57 bits per heavy atom. The van der Waals surface area contributed by atoms with Gasteiger partial charge in [0.15, 0.2) is 5.75 Å². The zero-order valence-electron chi connectivity index (χ0n) is 11.1. The van der Waals surface area contributed by atoms with Crippen LogP contribution in [0.2, 0.25) is 0 Å². The minimum atomic E-state index is -4.02. The van der Waals surface area contributed by atoms with Crippen LogP contribution in [0.25, 0.3) is 0 Å². The van der Waals surface area contributed by atoms with Crippen molar-refractivity contribution in [2.45, 2.75) is 11.8 Å². The molecule has 1 heterocycles. The molecule has 0 atom stereocenters. The molecule has 0 radical (unpaired) electrons. The highest BCUT2D eigenvalue weighted by atomic mass is 32.2. The summed E-state index contributed by atoms with van der Waals surface area (Å²) in [4.78, 5) is 9.55. The standard InChI is InChI=1S/C11H12N4O5S/c1-7-5-11(14(2)12-7)13-21(19,20)8-3-4-10(16)9(6-8)15(17)18/h3-6,13,16H,1-2H3. The molecule has 0 saturated carbocycles. The summed E-state index contributed by atoms with van der Waals surface area (Å²) in [6, 6.07) is 4.35. The first-order valence-corrected chi connectivity index (χ1v) is 7.20. The second-order valence-electron chi connectivity index (χ2n) is 4.31. The summed E-state index contributed by atoms with van der Waals surface area (Å²) in [6.45, 7) is 1.70. The Bertz CT molecular complexity index is 812. The lowest BCUT2D eigenvalue weighted by atomic mass is 10.3. The molecule has 2 N–H and O–H groups in total. The van der Waals surface area contributed by atoms with Crippen molar-refractivity contribution in [1.82, 2.24) is 9.78 Å². The maximum Gasteiger partial charge on any atom is 0.312 e. The third kappa shape index (κ3) is 2.94. The van der Waals surface area contributed by atoms with Gasteiger partial charge in [0.2, 0.25) is 0 Å². The maximum atomic E-state index is 12.2. The largest absolute Gasteiger partial charge is 0.502 e. The molecule has 0 aliphatic carbocycles. The lowest BCUT2D eigenvalue weighted by molar-refractivity contribution is -0.386. The molecule has 0 fully saturated rings. The number of anilines is 1. The number of phenolic OH excluding ortho intramolecular Hbond substituents is 1. The van der Waals surface area contributed by atoms with Crippen molar-refractivity contribution in [3.63, 3.8) is 0 Å². The fourth-order valence-electron chi connectivity index (χ4n) is 1.72. The van der Waals surface area contributed by atoms with Crippen LogP contribution >= 0.6 is 0 Å². The molecule has 0 amide bonds. The summed E-state index contributed by atoms with van der Waals surface area (Å²) in [7, 11) is -2.46. The lowest BCUT2D eigenvalue weighted by Crippen LogP contribution is -2.15. The van der Waals surface area contributed by atoms with Crippen molar-refractivity contribution in [3.8, 4) is 5.75 Å². The average Bonchev–Trinajstić information content (AvgIpc) is 2.66. The smallest absolute Gasteiger partial charge is 0.312 e. The van der Waals surface area contributed by atoms with E-state index in [0.29, 0.717) is 5.69 Å². The normalized spacial score (nSPS) is 11.3.